The van der Waals surface area contributed by atoms with E-state index in [-0.39, 0.29) is 30.4 Å². The fraction of sp³-hybridized carbons (Fsp3) is 0.529. The molecule has 1 aliphatic carbocycles. The van der Waals surface area contributed by atoms with Crippen molar-refractivity contribution in [2.24, 2.45) is 0 Å². The molecule has 3 N–H and O–H groups in total. The summed E-state index contributed by atoms with van der Waals surface area (Å²) < 4.78 is 0. The first-order chi connectivity index (χ1) is 10.5. The van der Waals surface area contributed by atoms with Crippen molar-refractivity contribution in [1.82, 2.24) is 16.0 Å². The molecule has 2 unspecified atom stereocenters. The Kier molecular flexibility index (Phi) is 4.16. The van der Waals surface area contributed by atoms with Crippen LogP contribution < -0.4 is 16.0 Å². The molecular formula is C17H23N3O2. The maximum atomic E-state index is 12.3. The second kappa shape index (κ2) is 6.08. The number of benzene rings is 1. The van der Waals surface area contributed by atoms with E-state index in [1.54, 1.807) is 0 Å². The maximum Gasteiger partial charge on any atom is 0.238 e. The van der Waals surface area contributed by atoms with Crippen LogP contribution in [0.15, 0.2) is 24.3 Å². The Morgan fingerprint density at radius 2 is 1.95 bits per heavy atom. The van der Waals surface area contributed by atoms with Crippen molar-refractivity contribution in [3.8, 4) is 0 Å². The minimum absolute atomic E-state index is 0.0668. The first-order valence-corrected chi connectivity index (χ1v) is 7.98. The lowest BCUT2D eigenvalue weighted by Crippen LogP contribution is -2.59. The second-order valence-corrected chi connectivity index (χ2v) is 6.38. The number of carbonyl (C=O) groups excluding carboxylic acids is 2. The highest BCUT2D eigenvalue weighted by Crippen LogP contribution is 2.40. The Balaban J connectivity index is 1.59. The molecule has 0 bridgehead atoms. The molecule has 2 amide bonds. The number of amides is 2. The highest BCUT2D eigenvalue weighted by molar-refractivity contribution is 5.89. The van der Waals surface area contributed by atoms with Crippen LogP contribution in [0.25, 0.3) is 0 Å². The van der Waals surface area contributed by atoms with Crippen LogP contribution in [-0.4, -0.2) is 24.0 Å². The van der Waals surface area contributed by atoms with Gasteiger partial charge in [0.05, 0.1) is 24.7 Å². The topological polar surface area (TPSA) is 70.2 Å². The normalized spacial score (nSPS) is 26.2. The molecule has 22 heavy (non-hydrogen) atoms. The predicted molar refractivity (Wildman–Crippen MR) is 84.1 cm³/mol. The molecule has 1 aliphatic heterocycles. The molecule has 1 saturated heterocycles. The van der Waals surface area contributed by atoms with Crippen molar-refractivity contribution in [2.45, 2.75) is 57.3 Å². The fourth-order valence-corrected chi connectivity index (χ4v) is 2.93. The van der Waals surface area contributed by atoms with E-state index < -0.39 is 6.04 Å². The lowest BCUT2D eigenvalue weighted by atomic mass is 10.0. The Labute approximate surface area is 130 Å². The lowest BCUT2D eigenvalue weighted by Gasteiger charge is -2.29. The average Bonchev–Trinajstić information content (AvgIpc) is 3.31. The number of hydrogen-bond acceptors (Lipinski definition) is 3. The van der Waals surface area contributed by atoms with Crippen LogP contribution in [0.4, 0.5) is 0 Å². The zero-order valence-corrected chi connectivity index (χ0v) is 13.1. The largest absolute Gasteiger partial charge is 0.348 e. The molecular weight excluding hydrogens is 278 g/mol. The fourth-order valence-electron chi connectivity index (χ4n) is 2.93. The molecule has 3 rings (SSSR count). The summed E-state index contributed by atoms with van der Waals surface area (Å²) in [5.41, 5.74) is 2.48. The van der Waals surface area contributed by atoms with Gasteiger partial charge in [-0.3, -0.25) is 14.9 Å². The summed E-state index contributed by atoms with van der Waals surface area (Å²) in [6.07, 6.45) is 2.59. The van der Waals surface area contributed by atoms with Gasteiger partial charge in [-0.15, -0.1) is 0 Å². The van der Waals surface area contributed by atoms with E-state index in [1.807, 2.05) is 13.8 Å². The summed E-state index contributed by atoms with van der Waals surface area (Å²) in [7, 11) is 0. The molecule has 2 fully saturated rings. The summed E-state index contributed by atoms with van der Waals surface area (Å²) in [5, 5.41) is 8.82. The third-order valence-electron chi connectivity index (χ3n) is 4.38. The monoisotopic (exact) mass is 301 g/mol. The summed E-state index contributed by atoms with van der Waals surface area (Å²) in [4.78, 5) is 23.8. The van der Waals surface area contributed by atoms with E-state index in [0.717, 1.165) is 11.5 Å². The van der Waals surface area contributed by atoms with Gasteiger partial charge in [-0.2, -0.15) is 0 Å². The van der Waals surface area contributed by atoms with E-state index in [0.29, 0.717) is 0 Å². The van der Waals surface area contributed by atoms with E-state index in [1.165, 1.54) is 18.4 Å². The maximum absolute atomic E-state index is 12.3. The van der Waals surface area contributed by atoms with Crippen LogP contribution in [0.3, 0.4) is 0 Å². The molecule has 3 atom stereocenters. The van der Waals surface area contributed by atoms with Crippen molar-refractivity contribution < 1.29 is 9.59 Å². The molecule has 0 spiro atoms. The standard InChI is InChI=1S/C17H23N3O2/c1-10(12-3-5-13(6-4-12)14-7-8-14)18-17(22)15-9-16(21)20-11(2)19-15/h3-6,10-11,14-15,19H,7-9H2,1-2H3,(H,18,22)(H,20,21)/t10-,11?,15?/m1/s1. The van der Waals surface area contributed by atoms with E-state index >= 15 is 0 Å². The predicted octanol–water partition coefficient (Wildman–Crippen LogP) is 1.57. The molecule has 1 aromatic carbocycles. The number of rotatable bonds is 4. The molecule has 1 saturated carbocycles. The summed E-state index contributed by atoms with van der Waals surface area (Å²) >= 11 is 0. The molecule has 118 valence electrons. The smallest absolute Gasteiger partial charge is 0.238 e. The molecule has 0 radical (unpaired) electrons. The van der Waals surface area contributed by atoms with Gasteiger partial charge in [0.25, 0.3) is 0 Å². The first kappa shape index (κ1) is 15.0. The van der Waals surface area contributed by atoms with Gasteiger partial charge >= 0.3 is 0 Å². The molecule has 1 heterocycles. The van der Waals surface area contributed by atoms with E-state index in [9.17, 15) is 9.59 Å². The SMILES string of the molecule is CC1NC(=O)CC(C(=O)N[C@H](C)c2ccc(C3CC3)cc2)N1. The zero-order valence-electron chi connectivity index (χ0n) is 13.1. The van der Waals surface area contributed by atoms with Gasteiger partial charge in [0, 0.05) is 0 Å². The zero-order chi connectivity index (χ0) is 15.7. The van der Waals surface area contributed by atoms with Crippen LogP contribution in [0.1, 0.15) is 56.2 Å². The Bertz CT molecular complexity index is 566. The molecule has 5 heteroatoms. The summed E-state index contributed by atoms with van der Waals surface area (Å²) in [6.45, 7) is 3.80. The Morgan fingerprint density at radius 3 is 2.55 bits per heavy atom. The Hall–Kier alpha value is -1.88. The van der Waals surface area contributed by atoms with Crippen LogP contribution in [0, 0.1) is 0 Å². The van der Waals surface area contributed by atoms with Gasteiger partial charge in [-0.25, -0.2) is 0 Å². The van der Waals surface area contributed by atoms with Crippen LogP contribution >= 0.6 is 0 Å². The number of carbonyl (C=O) groups is 2. The molecule has 0 aromatic heterocycles. The van der Waals surface area contributed by atoms with Crippen molar-refractivity contribution in [1.29, 1.82) is 0 Å². The molecule has 2 aliphatic rings. The lowest BCUT2D eigenvalue weighted by molar-refractivity contribution is -0.132. The van der Waals surface area contributed by atoms with Crippen molar-refractivity contribution >= 4 is 11.8 Å². The van der Waals surface area contributed by atoms with Crippen molar-refractivity contribution in [3.05, 3.63) is 35.4 Å². The van der Waals surface area contributed by atoms with Gasteiger partial charge in [0.15, 0.2) is 0 Å². The van der Waals surface area contributed by atoms with Crippen LogP contribution in [0.2, 0.25) is 0 Å². The van der Waals surface area contributed by atoms with Gasteiger partial charge in [-0.05, 0) is 43.7 Å². The average molecular weight is 301 g/mol. The van der Waals surface area contributed by atoms with Gasteiger partial charge in [0.1, 0.15) is 0 Å². The van der Waals surface area contributed by atoms with Gasteiger partial charge < -0.3 is 10.6 Å². The third kappa shape index (κ3) is 3.47. The highest BCUT2D eigenvalue weighted by Gasteiger charge is 2.29. The first-order valence-electron chi connectivity index (χ1n) is 7.98. The molecule has 1 aromatic rings. The molecule has 5 nitrogen and oxygen atoms in total. The Morgan fingerprint density at radius 1 is 1.27 bits per heavy atom. The minimum atomic E-state index is -0.461. The minimum Gasteiger partial charge on any atom is -0.348 e. The number of nitrogens with one attached hydrogen (secondary N) is 3. The second-order valence-electron chi connectivity index (χ2n) is 6.38. The summed E-state index contributed by atoms with van der Waals surface area (Å²) in [6, 6.07) is 7.96. The van der Waals surface area contributed by atoms with Crippen LogP contribution in [0.5, 0.6) is 0 Å². The summed E-state index contributed by atoms with van der Waals surface area (Å²) in [5.74, 6) is 0.527. The quantitative estimate of drug-likeness (QED) is 0.790. The van der Waals surface area contributed by atoms with E-state index in [2.05, 4.69) is 40.2 Å². The van der Waals surface area contributed by atoms with Crippen LogP contribution in [-0.2, 0) is 9.59 Å². The number of hydrogen-bond donors (Lipinski definition) is 3. The van der Waals surface area contributed by atoms with Crippen molar-refractivity contribution in [2.75, 3.05) is 0 Å². The van der Waals surface area contributed by atoms with Gasteiger partial charge in [-0.1, -0.05) is 24.3 Å². The van der Waals surface area contributed by atoms with E-state index in [4.69, 9.17) is 0 Å². The highest BCUT2D eigenvalue weighted by atomic mass is 16.2. The third-order valence-corrected chi connectivity index (χ3v) is 4.38. The van der Waals surface area contributed by atoms with Crippen molar-refractivity contribution in [3.63, 3.8) is 0 Å². The van der Waals surface area contributed by atoms with Gasteiger partial charge in [0.2, 0.25) is 11.8 Å².